The molecule has 202 valence electrons. The number of ether oxygens (including phenoxy) is 2. The summed E-state index contributed by atoms with van der Waals surface area (Å²) in [5, 5.41) is 8.71. The van der Waals surface area contributed by atoms with Crippen molar-refractivity contribution in [2.45, 2.75) is 105 Å². The second kappa shape index (κ2) is 14.0. The van der Waals surface area contributed by atoms with Crippen LogP contribution in [-0.4, -0.2) is 22.6 Å². The molecule has 0 aromatic heterocycles. The maximum Gasteiger partial charge on any atom is 0.336 e. The van der Waals surface area contributed by atoms with Crippen molar-refractivity contribution >= 4 is 11.9 Å². The largest absolute Gasteiger partial charge is 0.487 e. The highest BCUT2D eigenvalue weighted by atomic mass is 16.5. The third kappa shape index (κ3) is 10.1. The van der Waals surface area contributed by atoms with Crippen LogP contribution in [0.15, 0.2) is 53.2 Å². The van der Waals surface area contributed by atoms with Crippen LogP contribution < -0.4 is 9.47 Å². The SMILES string of the molecule is CC(C)=CCC/C(C)=C/CC/C(C)=C/CC[C@]1(C)CCc2cc(OC(=O)/C=C\C(=O)O)c(C)c(C)c2O1. The highest BCUT2D eigenvalue weighted by Gasteiger charge is 2.33. The Bertz CT molecular complexity index is 1100. The van der Waals surface area contributed by atoms with Crippen molar-refractivity contribution in [3.8, 4) is 11.5 Å². The molecule has 0 saturated heterocycles. The number of carboxylic acids is 1. The quantitative estimate of drug-likeness (QED) is 0.133. The van der Waals surface area contributed by atoms with E-state index < -0.39 is 11.9 Å². The van der Waals surface area contributed by atoms with Gasteiger partial charge in [0.25, 0.3) is 0 Å². The van der Waals surface area contributed by atoms with Gasteiger partial charge in [0.05, 0.1) is 0 Å². The number of carboxylic acid groups (broad SMARTS) is 1. The lowest BCUT2D eigenvalue weighted by molar-refractivity contribution is -0.133. The topological polar surface area (TPSA) is 72.8 Å². The van der Waals surface area contributed by atoms with Gasteiger partial charge in [-0.15, -0.1) is 0 Å². The number of allylic oxidation sites excluding steroid dienone is 6. The molecule has 0 fully saturated rings. The second-order valence-corrected chi connectivity index (χ2v) is 10.8. The minimum absolute atomic E-state index is 0.245. The molecule has 2 rings (SSSR count). The first-order valence-corrected chi connectivity index (χ1v) is 13.3. The molecule has 5 heteroatoms. The van der Waals surface area contributed by atoms with Crippen LogP contribution in [0, 0.1) is 13.8 Å². The number of esters is 1. The highest BCUT2D eigenvalue weighted by Crippen LogP contribution is 2.42. The Labute approximate surface area is 223 Å². The molecule has 0 unspecified atom stereocenters. The number of carbonyl (C=O) groups excluding carboxylic acids is 1. The van der Waals surface area contributed by atoms with E-state index in [-0.39, 0.29) is 5.60 Å². The van der Waals surface area contributed by atoms with Crippen molar-refractivity contribution in [2.24, 2.45) is 0 Å². The summed E-state index contributed by atoms with van der Waals surface area (Å²) in [6, 6.07) is 1.85. The molecule has 1 heterocycles. The number of hydrogen-bond donors (Lipinski definition) is 1. The van der Waals surface area contributed by atoms with E-state index in [0.717, 1.165) is 86.0 Å². The van der Waals surface area contributed by atoms with Gasteiger partial charge < -0.3 is 14.6 Å². The minimum Gasteiger partial charge on any atom is -0.487 e. The van der Waals surface area contributed by atoms with Gasteiger partial charge in [-0.3, -0.25) is 0 Å². The maximum absolute atomic E-state index is 12.0. The number of aryl methyl sites for hydroxylation is 1. The van der Waals surface area contributed by atoms with Crippen LogP contribution in [0.2, 0.25) is 0 Å². The molecule has 1 aliphatic heterocycles. The molecule has 0 saturated carbocycles. The van der Waals surface area contributed by atoms with Crippen molar-refractivity contribution in [1.82, 2.24) is 0 Å². The van der Waals surface area contributed by atoms with Gasteiger partial charge in [-0.25, -0.2) is 9.59 Å². The fourth-order valence-corrected chi connectivity index (χ4v) is 4.48. The summed E-state index contributed by atoms with van der Waals surface area (Å²) in [6.45, 7) is 14.8. The normalized spacial score (nSPS) is 17.8. The predicted octanol–water partition coefficient (Wildman–Crippen LogP) is 8.13. The molecule has 0 spiro atoms. The molecule has 1 aromatic carbocycles. The van der Waals surface area contributed by atoms with Crippen LogP contribution in [0.3, 0.4) is 0 Å². The average molecular weight is 509 g/mol. The van der Waals surface area contributed by atoms with E-state index >= 15 is 0 Å². The van der Waals surface area contributed by atoms with Crippen molar-refractivity contribution in [1.29, 1.82) is 0 Å². The molecule has 37 heavy (non-hydrogen) atoms. The Morgan fingerprint density at radius 3 is 2.22 bits per heavy atom. The van der Waals surface area contributed by atoms with Gasteiger partial charge in [0.2, 0.25) is 0 Å². The van der Waals surface area contributed by atoms with E-state index in [1.807, 2.05) is 19.9 Å². The fourth-order valence-electron chi connectivity index (χ4n) is 4.48. The van der Waals surface area contributed by atoms with Crippen LogP contribution in [0.5, 0.6) is 11.5 Å². The molecule has 0 bridgehead atoms. The number of aliphatic carboxylic acids is 1. The molecule has 0 aliphatic carbocycles. The summed E-state index contributed by atoms with van der Waals surface area (Å²) >= 11 is 0. The van der Waals surface area contributed by atoms with Gasteiger partial charge in [0.15, 0.2) is 0 Å². The fraction of sp³-hybridized carbons (Fsp3) is 0.500. The average Bonchev–Trinajstić information content (AvgIpc) is 2.81. The predicted molar refractivity (Wildman–Crippen MR) is 150 cm³/mol. The second-order valence-electron chi connectivity index (χ2n) is 10.8. The first kappa shape index (κ1) is 30.1. The third-order valence-corrected chi connectivity index (χ3v) is 7.00. The molecule has 5 nitrogen and oxygen atoms in total. The Kier molecular flexibility index (Phi) is 11.4. The smallest absolute Gasteiger partial charge is 0.336 e. The Morgan fingerprint density at radius 2 is 1.59 bits per heavy atom. The highest BCUT2D eigenvalue weighted by molar-refractivity contribution is 5.91. The summed E-state index contributed by atoms with van der Waals surface area (Å²) in [4.78, 5) is 22.6. The molecular weight excluding hydrogens is 464 g/mol. The Hall–Kier alpha value is -3.08. The lowest BCUT2D eigenvalue weighted by Crippen LogP contribution is -2.36. The van der Waals surface area contributed by atoms with Gasteiger partial charge in [0.1, 0.15) is 17.1 Å². The molecule has 0 radical (unpaired) electrons. The monoisotopic (exact) mass is 508 g/mol. The molecule has 1 atom stereocenters. The van der Waals surface area contributed by atoms with Crippen molar-refractivity contribution in [3.63, 3.8) is 0 Å². The van der Waals surface area contributed by atoms with E-state index in [4.69, 9.17) is 14.6 Å². The zero-order valence-corrected chi connectivity index (χ0v) is 23.7. The first-order chi connectivity index (χ1) is 17.4. The number of carbonyl (C=O) groups is 2. The lowest BCUT2D eigenvalue weighted by Gasteiger charge is -2.37. The molecule has 1 aromatic rings. The van der Waals surface area contributed by atoms with Gasteiger partial charge in [0, 0.05) is 12.2 Å². The number of hydrogen-bond acceptors (Lipinski definition) is 4. The number of fused-ring (bicyclic) bond motifs is 1. The van der Waals surface area contributed by atoms with Crippen molar-refractivity contribution in [3.05, 3.63) is 69.9 Å². The third-order valence-electron chi connectivity index (χ3n) is 7.00. The van der Waals surface area contributed by atoms with E-state index in [1.165, 1.54) is 16.7 Å². The standard InChI is InChI=1S/C32H44O5/c1-22(2)11-8-12-23(3)13-9-14-24(4)15-10-19-32(7)20-18-27-21-28(25(5)26(6)31(27)37-32)36-30(35)17-16-29(33)34/h11,13,15-17,21H,8-10,12,14,18-20H2,1-7H3,(H,33,34)/b17-16-,23-13+,24-15+/t32-/m1/s1. The molecule has 1 aliphatic rings. The van der Waals surface area contributed by atoms with E-state index in [2.05, 4.69) is 52.8 Å². The number of rotatable bonds is 12. The Balaban J connectivity index is 1.94. The zero-order chi connectivity index (χ0) is 27.6. The van der Waals surface area contributed by atoms with Gasteiger partial charge in [-0.1, -0.05) is 34.9 Å². The summed E-state index contributed by atoms with van der Waals surface area (Å²) in [5.41, 5.74) is 6.81. The Morgan fingerprint density at radius 1 is 0.973 bits per heavy atom. The van der Waals surface area contributed by atoms with E-state index in [0.29, 0.717) is 5.75 Å². The van der Waals surface area contributed by atoms with Crippen LogP contribution in [0.1, 0.15) is 96.3 Å². The van der Waals surface area contributed by atoms with Crippen molar-refractivity contribution < 1.29 is 24.2 Å². The zero-order valence-electron chi connectivity index (χ0n) is 23.7. The van der Waals surface area contributed by atoms with Gasteiger partial charge in [-0.2, -0.15) is 0 Å². The van der Waals surface area contributed by atoms with Gasteiger partial charge in [-0.05, 0) is 123 Å². The van der Waals surface area contributed by atoms with E-state index in [1.54, 1.807) is 0 Å². The van der Waals surface area contributed by atoms with Crippen LogP contribution in [0.25, 0.3) is 0 Å². The first-order valence-electron chi connectivity index (χ1n) is 13.3. The maximum atomic E-state index is 12.0. The summed E-state index contributed by atoms with van der Waals surface area (Å²) in [6.07, 6.45) is 16.8. The van der Waals surface area contributed by atoms with Crippen molar-refractivity contribution in [2.75, 3.05) is 0 Å². The summed E-state index contributed by atoms with van der Waals surface area (Å²) in [5.74, 6) is -0.571. The van der Waals surface area contributed by atoms with Crippen LogP contribution in [0.4, 0.5) is 0 Å². The summed E-state index contributed by atoms with van der Waals surface area (Å²) < 4.78 is 11.9. The molecule has 0 amide bonds. The van der Waals surface area contributed by atoms with Gasteiger partial charge >= 0.3 is 11.9 Å². The molecule has 1 N–H and O–H groups in total. The minimum atomic E-state index is -1.19. The van der Waals surface area contributed by atoms with Crippen LogP contribution >= 0.6 is 0 Å². The number of benzene rings is 1. The van der Waals surface area contributed by atoms with Crippen LogP contribution in [-0.2, 0) is 16.0 Å². The molecular formula is C32H44O5. The van der Waals surface area contributed by atoms with E-state index in [9.17, 15) is 9.59 Å². The lowest BCUT2D eigenvalue weighted by atomic mass is 9.86. The summed E-state index contributed by atoms with van der Waals surface area (Å²) in [7, 11) is 0.